The van der Waals surface area contributed by atoms with E-state index in [1.165, 1.54) is 18.7 Å². The highest BCUT2D eigenvalue weighted by atomic mass is 32.2. The van der Waals surface area contributed by atoms with Crippen LogP contribution in [-0.2, 0) is 21.1 Å². The molecule has 0 atom stereocenters. The molecule has 0 aliphatic carbocycles. The zero-order valence-corrected chi connectivity index (χ0v) is 22.2. The van der Waals surface area contributed by atoms with Crippen molar-refractivity contribution in [2.45, 2.75) is 19.8 Å². The Balaban J connectivity index is 1.41. The molecule has 0 saturated heterocycles. The first-order chi connectivity index (χ1) is 17.7. The van der Waals surface area contributed by atoms with Crippen molar-refractivity contribution in [1.29, 1.82) is 5.41 Å². The van der Waals surface area contributed by atoms with Crippen molar-refractivity contribution in [2.24, 2.45) is 9.39 Å². The SMILES string of the molecule is CCc1ccc(OCCCOc2ccc(/C=C3/C(=N)N4C(=NC3=O)SN=C4S(C)(=O)=O)cc2OC)cc1. The normalized spacial score (nSPS) is 16.4. The number of amides is 1. The van der Waals surface area contributed by atoms with Crippen LogP contribution >= 0.6 is 11.9 Å². The van der Waals surface area contributed by atoms with Crippen LogP contribution < -0.4 is 14.2 Å². The van der Waals surface area contributed by atoms with E-state index in [9.17, 15) is 13.2 Å². The van der Waals surface area contributed by atoms with Crippen LogP contribution in [0.2, 0.25) is 0 Å². The summed E-state index contributed by atoms with van der Waals surface area (Å²) < 4.78 is 45.0. The largest absolute Gasteiger partial charge is 0.493 e. The highest BCUT2D eigenvalue weighted by Gasteiger charge is 2.41. The van der Waals surface area contributed by atoms with Crippen molar-refractivity contribution in [1.82, 2.24) is 4.90 Å². The number of amidine groups is 3. The summed E-state index contributed by atoms with van der Waals surface area (Å²) in [5.41, 5.74) is 1.74. The van der Waals surface area contributed by atoms with Gasteiger partial charge in [-0.05, 0) is 47.9 Å². The zero-order chi connectivity index (χ0) is 26.6. The monoisotopic (exact) mass is 542 g/mol. The summed E-state index contributed by atoms with van der Waals surface area (Å²) >= 11 is 0.747. The molecule has 0 unspecified atom stereocenters. The summed E-state index contributed by atoms with van der Waals surface area (Å²) in [5.74, 6) is 0.809. The van der Waals surface area contributed by atoms with Crippen LogP contribution in [0.25, 0.3) is 6.08 Å². The van der Waals surface area contributed by atoms with Crippen LogP contribution in [0.1, 0.15) is 24.5 Å². The van der Waals surface area contributed by atoms with Gasteiger partial charge in [-0.25, -0.2) is 13.3 Å². The number of hydrogen-bond acceptors (Lipinski definition) is 9. The number of aryl methyl sites for hydroxylation is 1. The Morgan fingerprint density at radius 1 is 1.08 bits per heavy atom. The Morgan fingerprint density at radius 3 is 2.49 bits per heavy atom. The molecule has 2 aliphatic heterocycles. The smallest absolute Gasteiger partial charge is 0.283 e. The third-order valence-corrected chi connectivity index (χ3v) is 7.23. The molecular weight excluding hydrogens is 516 g/mol. The number of sulfone groups is 1. The molecule has 2 aromatic carbocycles. The fourth-order valence-corrected chi connectivity index (χ4v) is 5.39. The molecule has 4 rings (SSSR count). The van der Waals surface area contributed by atoms with Crippen molar-refractivity contribution in [3.8, 4) is 17.2 Å². The summed E-state index contributed by atoms with van der Waals surface area (Å²) in [7, 11) is -2.22. The van der Waals surface area contributed by atoms with E-state index in [0.717, 1.165) is 35.3 Å². The summed E-state index contributed by atoms with van der Waals surface area (Å²) in [6.45, 7) is 3.01. The third kappa shape index (κ3) is 6.03. The van der Waals surface area contributed by atoms with Crippen molar-refractivity contribution in [3.05, 3.63) is 59.2 Å². The van der Waals surface area contributed by atoms with Gasteiger partial charge in [-0.3, -0.25) is 10.2 Å². The molecule has 1 N–H and O–H groups in total. The summed E-state index contributed by atoms with van der Waals surface area (Å²) in [4.78, 5) is 17.5. The lowest BCUT2D eigenvalue weighted by atomic mass is 10.1. The molecular formula is C25H26N4O6S2. The van der Waals surface area contributed by atoms with Gasteiger partial charge in [-0.1, -0.05) is 25.1 Å². The van der Waals surface area contributed by atoms with E-state index in [0.29, 0.717) is 36.7 Å². The maximum absolute atomic E-state index is 12.6. The van der Waals surface area contributed by atoms with E-state index in [-0.39, 0.29) is 21.7 Å². The number of benzene rings is 2. The average Bonchev–Trinajstić information content (AvgIpc) is 3.32. The molecule has 0 spiro atoms. The zero-order valence-electron chi connectivity index (χ0n) is 20.6. The quantitative estimate of drug-likeness (QED) is 0.288. The van der Waals surface area contributed by atoms with E-state index in [4.69, 9.17) is 19.6 Å². The van der Waals surface area contributed by atoms with Crippen LogP contribution in [0.5, 0.6) is 17.2 Å². The fourth-order valence-electron chi connectivity index (χ4n) is 3.55. The lowest BCUT2D eigenvalue weighted by Crippen LogP contribution is -2.45. The third-order valence-electron chi connectivity index (χ3n) is 5.47. The van der Waals surface area contributed by atoms with Gasteiger partial charge in [0.2, 0.25) is 20.2 Å². The molecule has 10 nitrogen and oxygen atoms in total. The summed E-state index contributed by atoms with van der Waals surface area (Å²) in [6.07, 6.45) is 4.09. The van der Waals surface area contributed by atoms with Crippen molar-refractivity contribution in [3.63, 3.8) is 0 Å². The summed E-state index contributed by atoms with van der Waals surface area (Å²) in [5, 5.41) is 8.15. The van der Waals surface area contributed by atoms with Gasteiger partial charge in [0.25, 0.3) is 5.91 Å². The first-order valence-electron chi connectivity index (χ1n) is 11.4. The van der Waals surface area contributed by atoms with Crippen molar-refractivity contribution < 1.29 is 27.4 Å². The minimum absolute atomic E-state index is 0.0378. The highest BCUT2D eigenvalue weighted by Crippen LogP contribution is 2.32. The van der Waals surface area contributed by atoms with Crippen LogP contribution in [-0.4, -0.2) is 62.0 Å². The second-order valence-corrected chi connectivity index (χ2v) is 10.8. The van der Waals surface area contributed by atoms with Crippen LogP contribution in [0.15, 0.2) is 57.4 Å². The molecule has 0 fully saturated rings. The second-order valence-electron chi connectivity index (χ2n) is 8.14. The molecule has 0 saturated carbocycles. The Bertz CT molecular complexity index is 1420. The number of carbonyl (C=O) groups is 1. The van der Waals surface area contributed by atoms with E-state index in [1.54, 1.807) is 18.2 Å². The van der Waals surface area contributed by atoms with E-state index < -0.39 is 15.7 Å². The molecule has 194 valence electrons. The molecule has 2 aliphatic rings. The number of nitrogens with one attached hydrogen (secondary N) is 1. The Kier molecular flexibility index (Phi) is 7.98. The van der Waals surface area contributed by atoms with Gasteiger partial charge in [0, 0.05) is 12.7 Å². The molecule has 0 aromatic heterocycles. The lowest BCUT2D eigenvalue weighted by molar-refractivity contribution is -0.114. The van der Waals surface area contributed by atoms with Gasteiger partial charge >= 0.3 is 0 Å². The number of carbonyl (C=O) groups excluding carboxylic acids is 1. The van der Waals surface area contributed by atoms with Gasteiger partial charge in [-0.15, -0.1) is 0 Å². The maximum atomic E-state index is 12.6. The highest BCUT2D eigenvalue weighted by molar-refractivity contribution is 8.16. The van der Waals surface area contributed by atoms with Crippen LogP contribution in [0, 0.1) is 5.41 Å². The number of nitrogens with zero attached hydrogens (tertiary/aromatic N) is 3. The predicted octanol–water partition coefficient (Wildman–Crippen LogP) is 3.73. The predicted molar refractivity (Wildman–Crippen MR) is 144 cm³/mol. The van der Waals surface area contributed by atoms with Gasteiger partial charge < -0.3 is 14.2 Å². The molecule has 37 heavy (non-hydrogen) atoms. The van der Waals surface area contributed by atoms with Crippen molar-refractivity contribution >= 4 is 49.9 Å². The Hall–Kier alpha value is -3.64. The molecule has 0 radical (unpaired) electrons. The van der Waals surface area contributed by atoms with Gasteiger partial charge in [0.1, 0.15) is 11.6 Å². The van der Waals surface area contributed by atoms with Gasteiger partial charge in [0.15, 0.2) is 11.5 Å². The Morgan fingerprint density at radius 2 is 1.81 bits per heavy atom. The minimum Gasteiger partial charge on any atom is -0.493 e. The van der Waals surface area contributed by atoms with Crippen LogP contribution in [0.4, 0.5) is 0 Å². The van der Waals surface area contributed by atoms with Gasteiger partial charge in [0.05, 0.1) is 37.8 Å². The standard InChI is InChI=1S/C25H26N4O6S2/c1-4-16-6-9-18(10-7-16)34-12-5-13-35-20-11-8-17(15-21(20)33-2)14-19-22(26)29-24(27-23(19)30)36-28-25(29)37(3,31)32/h6-11,14-15,26H,4-5,12-13H2,1-3H3/b19-14-,26-22?. The average molecular weight is 543 g/mol. The first kappa shape index (κ1) is 26.4. The number of hydrogen-bond donors (Lipinski definition) is 1. The minimum atomic E-state index is -3.72. The molecule has 2 aromatic rings. The molecule has 12 heteroatoms. The molecule has 0 bridgehead atoms. The Labute approximate surface area is 219 Å². The van der Waals surface area contributed by atoms with E-state index in [2.05, 4.69) is 16.3 Å². The topological polar surface area (TPSA) is 131 Å². The first-order valence-corrected chi connectivity index (χ1v) is 14.1. The fraction of sp³-hybridized carbons (Fsp3) is 0.280. The second kappa shape index (κ2) is 11.2. The lowest BCUT2D eigenvalue weighted by Gasteiger charge is -2.23. The number of methoxy groups -OCH3 is 1. The number of fused-ring (bicyclic) bond motifs is 1. The van der Waals surface area contributed by atoms with Crippen LogP contribution in [0.3, 0.4) is 0 Å². The van der Waals surface area contributed by atoms with Gasteiger partial charge in [-0.2, -0.15) is 9.39 Å². The number of rotatable bonds is 9. The number of ether oxygens (including phenoxy) is 3. The van der Waals surface area contributed by atoms with Crippen molar-refractivity contribution in [2.75, 3.05) is 26.6 Å². The molecule has 1 amide bonds. The molecule has 2 heterocycles. The summed E-state index contributed by atoms with van der Waals surface area (Å²) in [6, 6.07) is 13.1. The number of aliphatic imine (C=N–C) groups is 1. The van der Waals surface area contributed by atoms with E-state index >= 15 is 0 Å². The maximum Gasteiger partial charge on any atom is 0.283 e. The van der Waals surface area contributed by atoms with E-state index in [1.807, 2.05) is 24.3 Å².